The number of benzene rings is 1. The highest BCUT2D eigenvalue weighted by Crippen LogP contribution is 2.37. The first kappa shape index (κ1) is 20.5. The van der Waals surface area contributed by atoms with Crippen LogP contribution in [0.25, 0.3) is 0 Å². The first-order valence-electron chi connectivity index (χ1n) is 11.1. The number of urea groups is 1. The van der Waals surface area contributed by atoms with Crippen molar-refractivity contribution in [3.05, 3.63) is 28.8 Å². The second-order valence-corrected chi connectivity index (χ2v) is 9.17. The number of piperidine rings is 2. The van der Waals surface area contributed by atoms with Crippen molar-refractivity contribution in [1.82, 2.24) is 14.7 Å². The summed E-state index contributed by atoms with van der Waals surface area (Å²) in [7, 11) is 3.58. The van der Waals surface area contributed by atoms with Crippen molar-refractivity contribution in [2.75, 3.05) is 46.9 Å². The SMILES string of the molecule is CCOc1cc2c(cc1CN1CCC3(O)CCN(C(=O)N(C)C)CC3C1)CCC2. The standard InChI is InChI=1S/C23H35N3O3/c1-4-29-21-13-18-7-5-6-17(18)12-19(21)14-25-10-8-23(28)9-11-26(16-20(23)15-25)22(27)24(2)3/h12-13,20,28H,4-11,14-16H2,1-3H3. The smallest absolute Gasteiger partial charge is 0.319 e. The van der Waals surface area contributed by atoms with Crippen LogP contribution in [-0.4, -0.2) is 78.3 Å². The van der Waals surface area contributed by atoms with Gasteiger partial charge in [0.15, 0.2) is 0 Å². The third-order valence-corrected chi connectivity index (χ3v) is 6.98. The van der Waals surface area contributed by atoms with Gasteiger partial charge >= 0.3 is 6.03 Å². The molecular formula is C23H35N3O3. The van der Waals surface area contributed by atoms with E-state index in [1.165, 1.54) is 29.5 Å². The summed E-state index contributed by atoms with van der Waals surface area (Å²) in [5.74, 6) is 1.11. The number of aliphatic hydroxyl groups is 1. The Labute approximate surface area is 174 Å². The van der Waals surface area contributed by atoms with E-state index in [1.807, 2.05) is 11.8 Å². The first-order chi connectivity index (χ1) is 13.9. The maximum atomic E-state index is 12.4. The van der Waals surface area contributed by atoms with Gasteiger partial charge in [-0.3, -0.25) is 4.90 Å². The van der Waals surface area contributed by atoms with Crippen molar-refractivity contribution in [2.24, 2.45) is 5.92 Å². The van der Waals surface area contributed by atoms with E-state index in [0.29, 0.717) is 26.1 Å². The molecule has 2 atom stereocenters. The summed E-state index contributed by atoms with van der Waals surface area (Å²) in [6.45, 7) is 6.53. The van der Waals surface area contributed by atoms with E-state index in [2.05, 4.69) is 17.0 Å². The van der Waals surface area contributed by atoms with Crippen molar-refractivity contribution in [2.45, 2.75) is 51.2 Å². The molecule has 6 nitrogen and oxygen atoms in total. The maximum absolute atomic E-state index is 12.4. The number of likely N-dealkylation sites (tertiary alicyclic amines) is 2. The van der Waals surface area contributed by atoms with Crippen LogP contribution in [0.4, 0.5) is 4.79 Å². The number of hydrogen-bond acceptors (Lipinski definition) is 4. The molecule has 0 bridgehead atoms. The van der Waals surface area contributed by atoms with Crippen LogP contribution in [0.3, 0.4) is 0 Å². The number of aryl methyl sites for hydroxylation is 2. The quantitative estimate of drug-likeness (QED) is 0.842. The van der Waals surface area contributed by atoms with E-state index in [4.69, 9.17) is 4.74 Å². The van der Waals surface area contributed by atoms with Crippen LogP contribution >= 0.6 is 0 Å². The van der Waals surface area contributed by atoms with Crippen LogP contribution in [0.1, 0.15) is 42.9 Å². The molecule has 3 aliphatic rings. The molecule has 0 radical (unpaired) electrons. The fourth-order valence-electron chi connectivity index (χ4n) is 5.28. The summed E-state index contributed by atoms with van der Waals surface area (Å²) in [5.41, 5.74) is 3.53. The van der Waals surface area contributed by atoms with Gasteiger partial charge in [-0.25, -0.2) is 4.79 Å². The molecule has 2 unspecified atom stereocenters. The minimum atomic E-state index is -0.639. The Morgan fingerprint density at radius 3 is 2.66 bits per heavy atom. The fraction of sp³-hybridized carbons (Fsp3) is 0.696. The number of carbonyl (C=O) groups excluding carboxylic acids is 1. The lowest BCUT2D eigenvalue weighted by Gasteiger charge is -2.50. The predicted molar refractivity (Wildman–Crippen MR) is 113 cm³/mol. The van der Waals surface area contributed by atoms with Crippen molar-refractivity contribution in [3.8, 4) is 5.75 Å². The number of rotatable bonds is 4. The van der Waals surface area contributed by atoms with Crippen LogP contribution in [0.2, 0.25) is 0 Å². The number of amides is 2. The van der Waals surface area contributed by atoms with Gasteiger partial charge in [0, 0.05) is 58.3 Å². The van der Waals surface area contributed by atoms with Crippen LogP contribution < -0.4 is 4.74 Å². The van der Waals surface area contributed by atoms with Gasteiger partial charge in [0.05, 0.1) is 12.2 Å². The zero-order valence-corrected chi connectivity index (χ0v) is 18.1. The molecule has 1 aliphatic carbocycles. The fourth-order valence-corrected chi connectivity index (χ4v) is 5.28. The van der Waals surface area contributed by atoms with Gasteiger partial charge in [-0.15, -0.1) is 0 Å². The lowest BCUT2D eigenvalue weighted by atomic mass is 9.75. The highest BCUT2D eigenvalue weighted by Gasteiger charge is 2.46. The van der Waals surface area contributed by atoms with Gasteiger partial charge in [-0.2, -0.15) is 0 Å². The molecule has 6 heteroatoms. The monoisotopic (exact) mass is 401 g/mol. The molecule has 2 fully saturated rings. The number of carbonyl (C=O) groups is 1. The summed E-state index contributed by atoms with van der Waals surface area (Å²) in [6, 6.07) is 4.64. The van der Waals surface area contributed by atoms with E-state index in [-0.39, 0.29) is 11.9 Å². The van der Waals surface area contributed by atoms with Crippen LogP contribution in [0, 0.1) is 5.92 Å². The second kappa shape index (κ2) is 8.15. The number of hydrogen-bond donors (Lipinski definition) is 1. The Bertz CT molecular complexity index is 766. The molecule has 2 amide bonds. The van der Waals surface area contributed by atoms with Crippen LogP contribution in [0.15, 0.2) is 12.1 Å². The van der Waals surface area contributed by atoms with Crippen molar-refractivity contribution < 1.29 is 14.6 Å². The maximum Gasteiger partial charge on any atom is 0.319 e. The zero-order chi connectivity index (χ0) is 20.6. The van der Waals surface area contributed by atoms with Crippen molar-refractivity contribution in [1.29, 1.82) is 0 Å². The van der Waals surface area contributed by atoms with E-state index < -0.39 is 5.60 Å². The van der Waals surface area contributed by atoms with E-state index >= 15 is 0 Å². The molecule has 0 saturated carbocycles. The Kier molecular flexibility index (Phi) is 5.76. The molecule has 1 aromatic rings. The Balaban J connectivity index is 1.48. The Hall–Kier alpha value is -1.79. The molecule has 4 rings (SSSR count). The molecule has 0 aromatic heterocycles. The highest BCUT2D eigenvalue weighted by molar-refractivity contribution is 5.74. The van der Waals surface area contributed by atoms with Gasteiger partial charge in [-0.05, 0) is 56.2 Å². The molecule has 29 heavy (non-hydrogen) atoms. The molecule has 1 aromatic carbocycles. The van der Waals surface area contributed by atoms with Crippen molar-refractivity contribution >= 4 is 6.03 Å². The zero-order valence-electron chi connectivity index (χ0n) is 18.1. The molecule has 1 N–H and O–H groups in total. The summed E-state index contributed by atoms with van der Waals surface area (Å²) < 4.78 is 5.97. The largest absolute Gasteiger partial charge is 0.494 e. The topological polar surface area (TPSA) is 56.3 Å². The lowest BCUT2D eigenvalue weighted by molar-refractivity contribution is -0.108. The normalized spacial score (nSPS) is 26.8. The second-order valence-electron chi connectivity index (χ2n) is 9.17. The minimum Gasteiger partial charge on any atom is -0.494 e. The average molecular weight is 402 g/mol. The summed E-state index contributed by atoms with van der Waals surface area (Å²) in [4.78, 5) is 18.4. The molecule has 2 saturated heterocycles. The summed E-state index contributed by atoms with van der Waals surface area (Å²) in [6.07, 6.45) is 5.01. The van der Waals surface area contributed by atoms with E-state index in [9.17, 15) is 9.90 Å². The third-order valence-electron chi connectivity index (χ3n) is 6.98. The molecular weight excluding hydrogens is 366 g/mol. The van der Waals surface area contributed by atoms with Crippen LogP contribution in [0.5, 0.6) is 5.75 Å². The molecule has 0 spiro atoms. The highest BCUT2D eigenvalue weighted by atomic mass is 16.5. The third kappa shape index (κ3) is 4.10. The van der Waals surface area contributed by atoms with Gasteiger partial charge in [0.25, 0.3) is 0 Å². The van der Waals surface area contributed by atoms with Gasteiger partial charge < -0.3 is 19.6 Å². The molecule has 160 valence electrons. The van der Waals surface area contributed by atoms with Gasteiger partial charge in [0.1, 0.15) is 5.75 Å². The number of nitrogens with zero attached hydrogens (tertiary/aromatic N) is 3. The molecule has 2 heterocycles. The number of fused-ring (bicyclic) bond motifs is 2. The summed E-state index contributed by atoms with van der Waals surface area (Å²) >= 11 is 0. The first-order valence-corrected chi connectivity index (χ1v) is 11.1. The molecule has 2 aliphatic heterocycles. The van der Waals surface area contributed by atoms with Gasteiger partial charge in [0.2, 0.25) is 0 Å². The number of ether oxygens (including phenoxy) is 1. The van der Waals surface area contributed by atoms with E-state index in [0.717, 1.165) is 38.2 Å². The lowest BCUT2D eigenvalue weighted by Crippen LogP contribution is -2.61. The van der Waals surface area contributed by atoms with Crippen LogP contribution in [-0.2, 0) is 19.4 Å². The van der Waals surface area contributed by atoms with Crippen molar-refractivity contribution in [3.63, 3.8) is 0 Å². The summed E-state index contributed by atoms with van der Waals surface area (Å²) in [5, 5.41) is 11.2. The van der Waals surface area contributed by atoms with E-state index in [1.54, 1.807) is 19.0 Å². The van der Waals surface area contributed by atoms with Gasteiger partial charge in [-0.1, -0.05) is 6.07 Å². The average Bonchev–Trinajstić information content (AvgIpc) is 3.15. The minimum absolute atomic E-state index is 0.0430. The predicted octanol–water partition coefficient (Wildman–Crippen LogP) is 2.51. The Morgan fingerprint density at radius 2 is 1.93 bits per heavy atom. The Morgan fingerprint density at radius 1 is 1.21 bits per heavy atom.